The lowest BCUT2D eigenvalue weighted by Crippen LogP contribution is -1.97. The van der Waals surface area contributed by atoms with Crippen LogP contribution in [0.1, 0.15) is 5.56 Å². The van der Waals surface area contributed by atoms with Crippen LogP contribution in [0.2, 0.25) is 0 Å². The molecule has 0 fully saturated rings. The molecule has 2 rings (SSSR count). The van der Waals surface area contributed by atoms with Crippen LogP contribution in [0, 0.1) is 6.92 Å². The first-order chi connectivity index (χ1) is 8.84. The van der Waals surface area contributed by atoms with Crippen LogP contribution in [0.25, 0.3) is 0 Å². The Balaban J connectivity index is 2.33. The maximum absolute atomic E-state index is 11.5. The van der Waals surface area contributed by atoms with Gasteiger partial charge in [0.2, 0.25) is 0 Å². The highest BCUT2D eigenvalue weighted by molar-refractivity contribution is 7.90. The van der Waals surface area contributed by atoms with Gasteiger partial charge in [0.25, 0.3) is 0 Å². The normalized spacial score (nSPS) is 11.3. The largest absolute Gasteiger partial charge is 0.457 e. The number of sulfone groups is 1. The van der Waals surface area contributed by atoms with E-state index in [-0.39, 0.29) is 4.90 Å². The van der Waals surface area contributed by atoms with Gasteiger partial charge < -0.3 is 10.5 Å². The maximum Gasteiger partial charge on any atom is 0.175 e. The zero-order valence-corrected chi connectivity index (χ0v) is 11.6. The first kappa shape index (κ1) is 13.4. The van der Waals surface area contributed by atoms with Gasteiger partial charge in [-0.05, 0) is 42.8 Å². The van der Waals surface area contributed by atoms with E-state index in [1.54, 1.807) is 18.2 Å². The third-order valence-electron chi connectivity index (χ3n) is 2.54. The van der Waals surface area contributed by atoms with Gasteiger partial charge in [-0.15, -0.1) is 0 Å². The summed E-state index contributed by atoms with van der Waals surface area (Å²) in [6.45, 7) is 1.91. The minimum Gasteiger partial charge on any atom is -0.457 e. The Morgan fingerprint density at radius 1 is 1.05 bits per heavy atom. The Morgan fingerprint density at radius 3 is 2.42 bits per heavy atom. The van der Waals surface area contributed by atoms with Gasteiger partial charge in [0, 0.05) is 18.0 Å². The quantitative estimate of drug-likeness (QED) is 0.876. The Hall–Kier alpha value is -2.01. The molecule has 0 spiro atoms. The molecule has 19 heavy (non-hydrogen) atoms. The van der Waals surface area contributed by atoms with Crippen LogP contribution in [-0.4, -0.2) is 14.7 Å². The van der Waals surface area contributed by atoms with Crippen molar-refractivity contribution < 1.29 is 13.2 Å². The van der Waals surface area contributed by atoms with Crippen molar-refractivity contribution in [1.82, 2.24) is 0 Å². The summed E-state index contributed by atoms with van der Waals surface area (Å²) >= 11 is 0. The number of rotatable bonds is 3. The molecule has 5 heteroatoms. The van der Waals surface area contributed by atoms with Crippen molar-refractivity contribution in [3.05, 3.63) is 48.0 Å². The second-order valence-electron chi connectivity index (χ2n) is 4.43. The van der Waals surface area contributed by atoms with Gasteiger partial charge in [0.05, 0.1) is 4.90 Å². The van der Waals surface area contributed by atoms with Gasteiger partial charge in [-0.1, -0.05) is 6.07 Å². The molecule has 0 aliphatic heterocycles. The van der Waals surface area contributed by atoms with Gasteiger partial charge in [0.15, 0.2) is 9.84 Å². The van der Waals surface area contributed by atoms with Gasteiger partial charge in [0.1, 0.15) is 11.5 Å². The van der Waals surface area contributed by atoms with Crippen LogP contribution < -0.4 is 10.5 Å². The number of hydrogen-bond acceptors (Lipinski definition) is 4. The fourth-order valence-corrected chi connectivity index (χ4v) is 2.40. The Labute approximate surface area is 112 Å². The summed E-state index contributed by atoms with van der Waals surface area (Å²) in [5.74, 6) is 1.05. The monoisotopic (exact) mass is 277 g/mol. The number of nitrogens with two attached hydrogens (primary N) is 1. The van der Waals surface area contributed by atoms with E-state index in [0.29, 0.717) is 17.2 Å². The Kier molecular flexibility index (Phi) is 3.48. The van der Waals surface area contributed by atoms with Gasteiger partial charge in [-0.3, -0.25) is 0 Å². The fraction of sp³-hybridized carbons (Fsp3) is 0.143. The van der Waals surface area contributed by atoms with E-state index in [4.69, 9.17) is 10.5 Å². The van der Waals surface area contributed by atoms with Crippen LogP contribution in [0.5, 0.6) is 11.5 Å². The molecule has 0 bridgehead atoms. The molecule has 100 valence electrons. The summed E-state index contributed by atoms with van der Waals surface area (Å²) in [6.07, 6.45) is 1.16. The summed E-state index contributed by atoms with van der Waals surface area (Å²) in [4.78, 5) is 0.227. The minimum atomic E-state index is -3.24. The average molecular weight is 277 g/mol. The van der Waals surface area contributed by atoms with Gasteiger partial charge >= 0.3 is 0 Å². The molecule has 0 radical (unpaired) electrons. The van der Waals surface area contributed by atoms with E-state index >= 15 is 0 Å². The zero-order chi connectivity index (χ0) is 14.0. The number of ether oxygens (including phenoxy) is 1. The van der Waals surface area contributed by atoms with Crippen LogP contribution >= 0.6 is 0 Å². The molecule has 0 amide bonds. The van der Waals surface area contributed by atoms with E-state index < -0.39 is 9.84 Å². The molecule has 0 aliphatic carbocycles. The van der Waals surface area contributed by atoms with Gasteiger partial charge in [-0.25, -0.2) is 8.42 Å². The first-order valence-corrected chi connectivity index (χ1v) is 7.59. The van der Waals surface area contributed by atoms with Crippen molar-refractivity contribution in [2.45, 2.75) is 11.8 Å². The molecular weight excluding hydrogens is 262 g/mol. The second-order valence-corrected chi connectivity index (χ2v) is 6.44. The van der Waals surface area contributed by atoms with E-state index in [2.05, 4.69) is 0 Å². The number of anilines is 1. The summed E-state index contributed by atoms with van der Waals surface area (Å²) in [5, 5.41) is 0. The SMILES string of the molecule is Cc1cc(N)cc(Oc2cccc(S(C)(=O)=O)c2)c1. The van der Waals surface area contributed by atoms with Crippen molar-refractivity contribution in [3.63, 3.8) is 0 Å². The molecule has 0 saturated carbocycles. The summed E-state index contributed by atoms with van der Waals surface area (Å²) in [7, 11) is -3.24. The number of aryl methyl sites for hydroxylation is 1. The Morgan fingerprint density at radius 2 is 1.79 bits per heavy atom. The number of nitrogen functional groups attached to an aromatic ring is 1. The standard InChI is InChI=1S/C14H15NO3S/c1-10-6-11(15)8-13(7-10)18-12-4-3-5-14(9-12)19(2,16)17/h3-9H,15H2,1-2H3. The van der Waals surface area contributed by atoms with E-state index in [9.17, 15) is 8.42 Å². The predicted molar refractivity (Wildman–Crippen MR) is 75.2 cm³/mol. The van der Waals surface area contributed by atoms with E-state index in [1.807, 2.05) is 19.1 Å². The summed E-state index contributed by atoms with van der Waals surface area (Å²) in [6, 6.07) is 11.7. The number of hydrogen-bond donors (Lipinski definition) is 1. The smallest absolute Gasteiger partial charge is 0.175 e. The molecule has 2 aromatic carbocycles. The van der Waals surface area contributed by atoms with Crippen LogP contribution in [0.15, 0.2) is 47.4 Å². The molecule has 0 unspecified atom stereocenters. The van der Waals surface area contributed by atoms with Crippen molar-refractivity contribution in [2.75, 3.05) is 12.0 Å². The highest BCUT2D eigenvalue weighted by atomic mass is 32.2. The molecule has 0 atom stereocenters. The summed E-state index contributed by atoms with van der Waals surface area (Å²) < 4.78 is 28.6. The molecule has 2 aromatic rings. The topological polar surface area (TPSA) is 69.4 Å². The average Bonchev–Trinajstić information content (AvgIpc) is 2.26. The van der Waals surface area contributed by atoms with Crippen LogP contribution in [0.4, 0.5) is 5.69 Å². The van der Waals surface area contributed by atoms with Crippen molar-refractivity contribution >= 4 is 15.5 Å². The van der Waals surface area contributed by atoms with Crippen molar-refractivity contribution in [2.24, 2.45) is 0 Å². The lowest BCUT2D eigenvalue weighted by atomic mass is 10.2. The molecule has 0 aromatic heterocycles. The third kappa shape index (κ3) is 3.48. The lowest BCUT2D eigenvalue weighted by Gasteiger charge is -2.08. The Bertz CT molecular complexity index is 688. The minimum absolute atomic E-state index is 0.227. The van der Waals surface area contributed by atoms with Crippen molar-refractivity contribution in [3.8, 4) is 11.5 Å². The maximum atomic E-state index is 11.5. The first-order valence-electron chi connectivity index (χ1n) is 5.70. The molecule has 2 N–H and O–H groups in total. The highest BCUT2D eigenvalue weighted by Gasteiger charge is 2.08. The van der Waals surface area contributed by atoms with Crippen LogP contribution in [-0.2, 0) is 9.84 Å². The molecule has 0 heterocycles. The number of benzene rings is 2. The zero-order valence-electron chi connectivity index (χ0n) is 10.8. The van der Waals surface area contributed by atoms with Crippen molar-refractivity contribution in [1.29, 1.82) is 0 Å². The van der Waals surface area contributed by atoms with Gasteiger partial charge in [-0.2, -0.15) is 0 Å². The summed E-state index contributed by atoms with van der Waals surface area (Å²) in [5.41, 5.74) is 7.32. The second kappa shape index (κ2) is 4.93. The van der Waals surface area contributed by atoms with E-state index in [1.165, 1.54) is 12.1 Å². The molecule has 0 saturated heterocycles. The predicted octanol–water partition coefficient (Wildman–Crippen LogP) is 2.77. The lowest BCUT2D eigenvalue weighted by molar-refractivity contribution is 0.480. The van der Waals surface area contributed by atoms with Crippen LogP contribution in [0.3, 0.4) is 0 Å². The fourth-order valence-electron chi connectivity index (χ4n) is 1.74. The third-order valence-corrected chi connectivity index (χ3v) is 3.65. The molecule has 0 aliphatic rings. The van der Waals surface area contributed by atoms with E-state index in [0.717, 1.165) is 11.8 Å². The highest BCUT2D eigenvalue weighted by Crippen LogP contribution is 2.26. The molecular formula is C14H15NO3S. The molecule has 4 nitrogen and oxygen atoms in total.